The average Bonchev–Trinajstić information content (AvgIpc) is 2.01. The van der Waals surface area contributed by atoms with Crippen molar-refractivity contribution in [1.82, 2.24) is 0 Å². The van der Waals surface area contributed by atoms with Gasteiger partial charge in [-0.2, -0.15) is 0 Å². The van der Waals surface area contributed by atoms with Crippen molar-refractivity contribution < 1.29 is 14.6 Å². The third-order valence-corrected chi connectivity index (χ3v) is 1.42. The van der Waals surface area contributed by atoms with Crippen LogP contribution in [-0.2, 0) is 9.47 Å². The maximum absolute atomic E-state index is 9.04. The Morgan fingerprint density at radius 1 is 1.64 bits per heavy atom. The Bertz CT molecular complexity index is 182. The van der Waals surface area contributed by atoms with Crippen LogP contribution >= 0.6 is 0 Å². The maximum atomic E-state index is 9.04. The van der Waals surface area contributed by atoms with Crippen molar-refractivity contribution in [2.45, 2.75) is 12.8 Å². The van der Waals surface area contributed by atoms with Crippen LogP contribution in [0, 0.1) is 0 Å². The first kappa shape index (κ1) is 8.14. The van der Waals surface area contributed by atoms with Gasteiger partial charge in [-0.1, -0.05) is 0 Å². The number of aliphatic hydroxyl groups excluding tert-OH is 1. The zero-order valence-corrected chi connectivity index (χ0v) is 6.54. The van der Waals surface area contributed by atoms with Gasteiger partial charge in [-0.25, -0.2) is 0 Å². The molecule has 11 heavy (non-hydrogen) atoms. The van der Waals surface area contributed by atoms with Crippen LogP contribution < -0.4 is 0 Å². The molecule has 0 amide bonds. The van der Waals surface area contributed by atoms with Crippen LogP contribution in [0.15, 0.2) is 23.7 Å². The van der Waals surface area contributed by atoms with Gasteiger partial charge in [-0.05, 0) is 12.5 Å². The molecule has 0 unspecified atom stereocenters. The molecule has 0 atom stereocenters. The molecule has 1 aliphatic carbocycles. The predicted molar refractivity (Wildman–Crippen MR) is 41.0 cm³/mol. The summed E-state index contributed by atoms with van der Waals surface area (Å²) in [6.45, 7) is 0.249. The molecular formula is C8H12O3. The quantitative estimate of drug-likeness (QED) is 0.632. The summed E-state index contributed by atoms with van der Waals surface area (Å²) in [6, 6.07) is 0. The molecule has 3 nitrogen and oxygen atoms in total. The molecule has 0 aromatic heterocycles. The van der Waals surface area contributed by atoms with Gasteiger partial charge in [-0.3, -0.25) is 0 Å². The van der Waals surface area contributed by atoms with E-state index < -0.39 is 0 Å². The minimum absolute atomic E-state index is 0.249. The highest BCUT2D eigenvalue weighted by Crippen LogP contribution is 2.16. The van der Waals surface area contributed by atoms with Gasteiger partial charge in [0, 0.05) is 19.6 Å². The fourth-order valence-corrected chi connectivity index (χ4v) is 0.907. The van der Waals surface area contributed by atoms with E-state index in [4.69, 9.17) is 14.6 Å². The van der Waals surface area contributed by atoms with E-state index in [0.717, 1.165) is 18.6 Å². The highest BCUT2D eigenvalue weighted by atomic mass is 16.7. The van der Waals surface area contributed by atoms with Crippen molar-refractivity contribution in [2.24, 2.45) is 0 Å². The van der Waals surface area contributed by atoms with Crippen molar-refractivity contribution in [3.63, 3.8) is 0 Å². The first-order valence-electron chi connectivity index (χ1n) is 3.54. The van der Waals surface area contributed by atoms with Gasteiger partial charge >= 0.3 is 0 Å². The first-order valence-corrected chi connectivity index (χ1v) is 3.54. The summed E-state index contributed by atoms with van der Waals surface area (Å²) in [5, 5.41) is 9.04. The fourth-order valence-electron chi connectivity index (χ4n) is 0.907. The molecule has 0 heterocycles. The number of aliphatic hydroxyl groups is 1. The minimum atomic E-state index is 0.249. The van der Waals surface area contributed by atoms with Crippen LogP contribution in [0.4, 0.5) is 0 Å². The molecule has 3 heteroatoms. The Labute approximate surface area is 65.9 Å². The molecule has 0 fully saturated rings. The summed E-state index contributed by atoms with van der Waals surface area (Å²) in [6.07, 6.45) is 5.05. The number of allylic oxidation sites excluding steroid dienone is 3. The Kier molecular flexibility index (Phi) is 2.98. The first-order chi connectivity index (χ1) is 5.33. The number of methoxy groups -OCH3 is 1. The topological polar surface area (TPSA) is 38.7 Å². The van der Waals surface area contributed by atoms with E-state index in [-0.39, 0.29) is 12.6 Å². The van der Waals surface area contributed by atoms with Crippen molar-refractivity contribution in [3.8, 4) is 0 Å². The highest BCUT2D eigenvalue weighted by molar-refractivity contribution is 5.18. The molecule has 1 aliphatic rings. The van der Waals surface area contributed by atoms with Crippen LogP contribution in [0.1, 0.15) is 12.8 Å². The smallest absolute Gasteiger partial charge is 0.188 e. The van der Waals surface area contributed by atoms with Gasteiger partial charge in [0.05, 0.1) is 0 Å². The van der Waals surface area contributed by atoms with Gasteiger partial charge in [0.2, 0.25) is 0 Å². The second-order valence-corrected chi connectivity index (χ2v) is 2.33. The van der Waals surface area contributed by atoms with Crippen LogP contribution in [0.3, 0.4) is 0 Å². The maximum Gasteiger partial charge on any atom is 0.188 e. The molecule has 0 saturated carbocycles. The summed E-state index contributed by atoms with van der Waals surface area (Å²) < 4.78 is 9.86. The summed E-state index contributed by atoms with van der Waals surface area (Å²) in [7, 11) is 1.57. The fraction of sp³-hybridized carbons (Fsp3) is 0.500. The normalized spacial score (nSPS) is 17.2. The third-order valence-electron chi connectivity index (χ3n) is 1.42. The lowest BCUT2D eigenvalue weighted by atomic mass is 10.1. The largest absolute Gasteiger partial charge is 0.508 e. The molecule has 0 aromatic rings. The van der Waals surface area contributed by atoms with Crippen LogP contribution in [-0.4, -0.2) is 19.0 Å². The van der Waals surface area contributed by atoms with E-state index in [1.165, 1.54) is 0 Å². The van der Waals surface area contributed by atoms with E-state index in [1.807, 2.05) is 0 Å². The van der Waals surface area contributed by atoms with Crippen molar-refractivity contribution in [3.05, 3.63) is 23.7 Å². The molecule has 0 radical (unpaired) electrons. The molecule has 0 saturated heterocycles. The van der Waals surface area contributed by atoms with E-state index in [2.05, 4.69) is 0 Å². The van der Waals surface area contributed by atoms with Crippen molar-refractivity contribution in [2.75, 3.05) is 13.9 Å². The zero-order chi connectivity index (χ0) is 8.10. The Hall–Kier alpha value is -0.960. The van der Waals surface area contributed by atoms with Crippen LogP contribution in [0.25, 0.3) is 0 Å². The summed E-state index contributed by atoms with van der Waals surface area (Å²) >= 11 is 0. The number of hydrogen-bond donors (Lipinski definition) is 1. The van der Waals surface area contributed by atoms with Gasteiger partial charge in [0.15, 0.2) is 6.79 Å². The monoisotopic (exact) mass is 156 g/mol. The molecule has 1 rings (SSSR count). The Morgan fingerprint density at radius 2 is 2.45 bits per heavy atom. The highest BCUT2D eigenvalue weighted by Gasteiger charge is 2.04. The molecular weight excluding hydrogens is 144 g/mol. The third kappa shape index (κ3) is 2.63. The lowest BCUT2D eigenvalue weighted by Gasteiger charge is -2.11. The number of hydrogen-bond acceptors (Lipinski definition) is 3. The number of rotatable bonds is 3. The van der Waals surface area contributed by atoms with E-state index >= 15 is 0 Å². The second kappa shape index (κ2) is 4.03. The summed E-state index contributed by atoms with van der Waals surface area (Å²) in [4.78, 5) is 0. The lowest BCUT2D eigenvalue weighted by Crippen LogP contribution is -2.00. The number of ether oxygens (including phenoxy) is 2. The van der Waals surface area contributed by atoms with Crippen molar-refractivity contribution >= 4 is 0 Å². The predicted octanol–water partition coefficient (Wildman–Crippen LogP) is 1.73. The SMILES string of the molecule is COCOC1=CC(O)=CCC1. The van der Waals surface area contributed by atoms with Crippen LogP contribution in [0.5, 0.6) is 0 Å². The zero-order valence-electron chi connectivity index (χ0n) is 6.54. The Morgan fingerprint density at radius 3 is 3.09 bits per heavy atom. The molecule has 62 valence electrons. The molecule has 0 bridgehead atoms. The van der Waals surface area contributed by atoms with Crippen LogP contribution in [0.2, 0.25) is 0 Å². The molecule has 0 spiro atoms. The lowest BCUT2D eigenvalue weighted by molar-refractivity contribution is 0.00185. The summed E-state index contributed by atoms with van der Waals surface area (Å²) in [5.41, 5.74) is 0. The van der Waals surface area contributed by atoms with Gasteiger partial charge < -0.3 is 14.6 Å². The molecule has 0 aromatic carbocycles. The average molecular weight is 156 g/mol. The van der Waals surface area contributed by atoms with E-state index in [1.54, 1.807) is 19.3 Å². The van der Waals surface area contributed by atoms with Gasteiger partial charge in [0.1, 0.15) is 11.5 Å². The summed E-state index contributed by atoms with van der Waals surface area (Å²) in [5.74, 6) is 1.06. The molecule has 0 aliphatic heterocycles. The van der Waals surface area contributed by atoms with Crippen molar-refractivity contribution in [1.29, 1.82) is 0 Å². The minimum Gasteiger partial charge on any atom is -0.508 e. The van der Waals surface area contributed by atoms with Gasteiger partial charge in [0.25, 0.3) is 0 Å². The van der Waals surface area contributed by atoms with E-state index in [0.29, 0.717) is 0 Å². The standard InChI is InChI=1S/C8H12O3/c1-10-6-11-8-4-2-3-7(9)5-8/h3,5,9H,2,4,6H2,1H3. The van der Waals surface area contributed by atoms with E-state index in [9.17, 15) is 0 Å². The molecule has 1 N–H and O–H groups in total. The van der Waals surface area contributed by atoms with Gasteiger partial charge in [-0.15, -0.1) is 0 Å². The second-order valence-electron chi connectivity index (χ2n) is 2.33. The Balaban J connectivity index is 2.39.